The molecule has 2 aromatic rings. The summed E-state index contributed by atoms with van der Waals surface area (Å²) in [6.45, 7) is 2.94. The zero-order valence-corrected chi connectivity index (χ0v) is 19.0. The molecule has 1 saturated carbocycles. The second-order valence-electron chi connectivity index (χ2n) is 8.01. The van der Waals surface area contributed by atoms with Gasteiger partial charge in [-0.2, -0.15) is 0 Å². The van der Waals surface area contributed by atoms with Crippen molar-refractivity contribution >= 4 is 52.0 Å². The molecule has 8 nitrogen and oxygen atoms in total. The van der Waals surface area contributed by atoms with E-state index in [2.05, 4.69) is 10.6 Å². The van der Waals surface area contributed by atoms with Gasteiger partial charge in [-0.3, -0.25) is 14.4 Å². The smallest absolute Gasteiger partial charge is 0.261 e. The van der Waals surface area contributed by atoms with Crippen molar-refractivity contribution in [3.05, 3.63) is 45.1 Å². The van der Waals surface area contributed by atoms with Crippen LogP contribution in [0.5, 0.6) is 0 Å². The largest absolute Gasteiger partial charge is 0.391 e. The van der Waals surface area contributed by atoms with Gasteiger partial charge in [0.15, 0.2) is 0 Å². The average molecular weight is 478 g/mol. The van der Waals surface area contributed by atoms with Crippen LogP contribution in [0, 0.1) is 12.8 Å². The third-order valence-corrected chi connectivity index (χ3v) is 6.98. The lowest BCUT2D eigenvalue weighted by Crippen LogP contribution is -2.42. The lowest BCUT2D eigenvalue weighted by atomic mass is 10.1. The highest BCUT2D eigenvalue weighted by Gasteiger charge is 2.38. The summed E-state index contributed by atoms with van der Waals surface area (Å²) in [4.78, 5) is 39.4. The van der Waals surface area contributed by atoms with E-state index in [9.17, 15) is 19.5 Å². The number of halogens is 1. The van der Waals surface area contributed by atoms with Crippen molar-refractivity contribution in [2.24, 2.45) is 5.92 Å². The molecule has 3 amide bonds. The maximum absolute atomic E-state index is 12.8. The number of hydrogen-bond donors (Lipinski definition) is 3. The van der Waals surface area contributed by atoms with E-state index < -0.39 is 18.1 Å². The van der Waals surface area contributed by atoms with Crippen LogP contribution in [0.15, 0.2) is 30.3 Å². The third kappa shape index (κ3) is 4.96. The molecule has 2 aliphatic rings. The minimum atomic E-state index is -0.804. The normalized spacial score (nSPS) is 23.3. The van der Waals surface area contributed by atoms with E-state index in [4.69, 9.17) is 16.3 Å². The van der Waals surface area contributed by atoms with Crippen LogP contribution in [-0.2, 0) is 14.3 Å². The minimum Gasteiger partial charge on any atom is -0.391 e. The summed E-state index contributed by atoms with van der Waals surface area (Å²) in [6, 6.07) is 8.16. The second-order valence-corrected chi connectivity index (χ2v) is 9.72. The number of amides is 3. The van der Waals surface area contributed by atoms with Crippen LogP contribution < -0.4 is 15.5 Å². The first-order valence-corrected chi connectivity index (χ1v) is 11.5. The fraction of sp³-hybridized carbons (Fsp3) is 0.409. The molecule has 0 unspecified atom stereocenters. The summed E-state index contributed by atoms with van der Waals surface area (Å²) in [5, 5.41) is 16.0. The van der Waals surface area contributed by atoms with Gasteiger partial charge in [-0.15, -0.1) is 11.3 Å². The molecule has 1 aliphatic carbocycles. The Morgan fingerprint density at radius 2 is 2.06 bits per heavy atom. The van der Waals surface area contributed by atoms with Crippen molar-refractivity contribution in [1.82, 2.24) is 5.32 Å². The zero-order chi connectivity index (χ0) is 22.8. The van der Waals surface area contributed by atoms with Gasteiger partial charge in [0, 0.05) is 23.8 Å². The number of aliphatic hydroxyl groups is 1. The van der Waals surface area contributed by atoms with Gasteiger partial charge in [0.2, 0.25) is 5.91 Å². The number of anilines is 2. The Morgan fingerprint density at radius 1 is 1.25 bits per heavy atom. The second kappa shape index (κ2) is 9.58. The topological polar surface area (TPSA) is 108 Å². The first-order valence-electron chi connectivity index (χ1n) is 10.4. The number of ether oxygens (including phenoxy) is 1. The summed E-state index contributed by atoms with van der Waals surface area (Å²) in [7, 11) is 0. The van der Waals surface area contributed by atoms with E-state index >= 15 is 0 Å². The summed E-state index contributed by atoms with van der Waals surface area (Å²) >= 11 is 7.04. The average Bonchev–Trinajstić information content (AvgIpc) is 3.35. The Morgan fingerprint density at radius 3 is 2.75 bits per heavy atom. The number of benzene rings is 1. The highest BCUT2D eigenvalue weighted by Crippen LogP contribution is 2.30. The molecule has 1 aromatic carbocycles. The van der Waals surface area contributed by atoms with Gasteiger partial charge in [-0.1, -0.05) is 11.6 Å². The van der Waals surface area contributed by atoms with Crippen molar-refractivity contribution < 1.29 is 24.2 Å². The van der Waals surface area contributed by atoms with E-state index in [1.54, 1.807) is 23.1 Å². The molecule has 170 valence electrons. The van der Waals surface area contributed by atoms with Crippen LogP contribution >= 0.6 is 22.9 Å². The summed E-state index contributed by atoms with van der Waals surface area (Å²) < 4.78 is 5.69. The van der Waals surface area contributed by atoms with E-state index in [0.717, 1.165) is 22.6 Å². The number of aliphatic hydroxyl groups excluding tert-OH is 1. The molecule has 3 atom stereocenters. The maximum atomic E-state index is 12.8. The molecule has 1 saturated heterocycles. The highest BCUT2D eigenvalue weighted by atomic mass is 35.5. The Hall–Kier alpha value is -2.46. The van der Waals surface area contributed by atoms with E-state index in [-0.39, 0.29) is 30.7 Å². The molecule has 1 aromatic heterocycles. The number of morpholine rings is 1. The quantitative estimate of drug-likeness (QED) is 0.613. The first-order chi connectivity index (χ1) is 15.3. The summed E-state index contributed by atoms with van der Waals surface area (Å²) in [6.07, 6.45) is -0.194. The van der Waals surface area contributed by atoms with Gasteiger partial charge in [-0.05, 0) is 55.7 Å². The molecule has 4 rings (SSSR count). The molecule has 10 heteroatoms. The van der Waals surface area contributed by atoms with E-state index in [1.165, 1.54) is 0 Å². The number of nitrogens with one attached hydrogen (secondary N) is 2. The number of aryl methyl sites for hydroxylation is 1. The Bertz CT molecular complexity index is 1040. The van der Waals surface area contributed by atoms with Crippen LogP contribution in [0.3, 0.4) is 0 Å². The minimum absolute atomic E-state index is 0.0686. The molecule has 0 bridgehead atoms. The lowest BCUT2D eigenvalue weighted by molar-refractivity contribution is -0.125. The van der Waals surface area contributed by atoms with Crippen molar-refractivity contribution in [2.45, 2.75) is 31.9 Å². The van der Waals surface area contributed by atoms with Crippen LogP contribution in [0.25, 0.3) is 0 Å². The van der Waals surface area contributed by atoms with E-state index in [0.29, 0.717) is 34.5 Å². The highest BCUT2D eigenvalue weighted by molar-refractivity contribution is 7.18. The van der Waals surface area contributed by atoms with Crippen molar-refractivity contribution in [3.63, 3.8) is 0 Å². The molecular formula is C22H24ClN3O5S. The number of nitrogens with zero attached hydrogens (tertiary/aromatic N) is 1. The third-order valence-electron chi connectivity index (χ3n) is 5.75. The van der Waals surface area contributed by atoms with Crippen LogP contribution in [0.4, 0.5) is 11.4 Å². The summed E-state index contributed by atoms with van der Waals surface area (Å²) in [5.41, 5.74) is 2.28. The Kier molecular flexibility index (Phi) is 6.80. The molecule has 2 fully saturated rings. The molecule has 0 radical (unpaired) electrons. The van der Waals surface area contributed by atoms with Gasteiger partial charge >= 0.3 is 0 Å². The van der Waals surface area contributed by atoms with Gasteiger partial charge in [-0.25, -0.2) is 0 Å². The monoisotopic (exact) mass is 477 g/mol. The first kappa shape index (κ1) is 22.7. The molecule has 32 heavy (non-hydrogen) atoms. The van der Waals surface area contributed by atoms with Crippen molar-refractivity contribution in [1.29, 1.82) is 0 Å². The summed E-state index contributed by atoms with van der Waals surface area (Å²) in [5.74, 6) is -1.04. The Balaban J connectivity index is 1.36. The maximum Gasteiger partial charge on any atom is 0.261 e. The lowest BCUT2D eigenvalue weighted by Gasteiger charge is -2.28. The fourth-order valence-electron chi connectivity index (χ4n) is 4.11. The van der Waals surface area contributed by atoms with Crippen LogP contribution in [0.1, 0.15) is 28.1 Å². The van der Waals surface area contributed by atoms with Crippen LogP contribution in [0.2, 0.25) is 4.34 Å². The number of thiophene rings is 1. The predicted molar refractivity (Wildman–Crippen MR) is 122 cm³/mol. The van der Waals surface area contributed by atoms with E-state index in [1.807, 2.05) is 19.1 Å². The van der Waals surface area contributed by atoms with Gasteiger partial charge in [0.25, 0.3) is 11.8 Å². The van der Waals surface area contributed by atoms with Crippen LogP contribution in [-0.4, -0.2) is 54.7 Å². The molecular weight excluding hydrogens is 454 g/mol. The zero-order valence-electron chi connectivity index (χ0n) is 17.5. The standard InChI is InChI=1S/C22H24ClN3O5S/c1-12-8-14(2-3-16(12)26-6-7-31-11-20(26)28)24-21(29)13-9-15(17(27)10-13)25-22(30)18-4-5-19(23)32-18/h2-5,8,13,15,17,27H,6-7,9-11H2,1H3,(H,24,29)(H,25,30)/t13-,15+,17+/m1/s1. The number of hydrogen-bond acceptors (Lipinski definition) is 6. The van der Waals surface area contributed by atoms with Gasteiger partial charge in [0.1, 0.15) is 6.61 Å². The molecule has 3 N–H and O–H groups in total. The number of carbonyl (C=O) groups is 3. The number of carbonyl (C=O) groups excluding carboxylic acids is 3. The number of rotatable bonds is 5. The van der Waals surface area contributed by atoms with Gasteiger partial charge < -0.3 is 25.4 Å². The fourth-order valence-corrected chi connectivity index (χ4v) is 5.06. The Labute approximate surface area is 194 Å². The SMILES string of the molecule is Cc1cc(NC(=O)[C@@H]2C[C@H](NC(=O)c3ccc(Cl)s3)[C@@H](O)C2)ccc1N1CCOCC1=O. The molecule has 0 spiro atoms. The predicted octanol–water partition coefficient (Wildman–Crippen LogP) is 2.58. The van der Waals surface area contributed by atoms with Crippen molar-refractivity contribution in [2.75, 3.05) is 30.0 Å². The molecule has 1 aliphatic heterocycles. The molecule has 2 heterocycles. The van der Waals surface area contributed by atoms with Gasteiger partial charge in [0.05, 0.1) is 28.0 Å². The van der Waals surface area contributed by atoms with Crippen molar-refractivity contribution in [3.8, 4) is 0 Å².